The number of likely N-dealkylation sites (N-methyl/N-ethyl adjacent to an activating group) is 1. The van der Waals surface area contributed by atoms with Crippen LogP contribution in [0.3, 0.4) is 0 Å². The molecule has 0 aliphatic carbocycles. The van der Waals surface area contributed by atoms with Crippen LogP contribution in [-0.2, 0) is 9.59 Å². The Hall–Kier alpha value is -2.70. The van der Waals surface area contributed by atoms with Crippen molar-refractivity contribution in [3.8, 4) is 0 Å². The fourth-order valence-corrected chi connectivity index (χ4v) is 3.02. The highest BCUT2D eigenvalue weighted by molar-refractivity contribution is 5.95. The molecule has 0 bridgehead atoms. The number of carbonyl (C=O) groups excluding carboxylic acids is 2. The highest BCUT2D eigenvalue weighted by Gasteiger charge is 2.32. The summed E-state index contributed by atoms with van der Waals surface area (Å²) < 4.78 is 0. The molecule has 0 saturated carbocycles. The Morgan fingerprint density at radius 1 is 1.08 bits per heavy atom. The third-order valence-corrected chi connectivity index (χ3v) is 4.50. The van der Waals surface area contributed by atoms with Gasteiger partial charge in [0.1, 0.15) is 6.04 Å². The molecule has 2 amide bonds. The molecule has 3 N–H and O–H groups in total. The van der Waals surface area contributed by atoms with Gasteiger partial charge >= 0.3 is 0 Å². The van der Waals surface area contributed by atoms with Crippen molar-refractivity contribution < 1.29 is 9.59 Å². The van der Waals surface area contributed by atoms with Crippen molar-refractivity contribution in [1.29, 1.82) is 0 Å². The molecule has 0 aromatic heterocycles. The minimum atomic E-state index is -0.350. The number of anilines is 1. The Kier molecular flexibility index (Phi) is 5.65. The summed E-state index contributed by atoms with van der Waals surface area (Å²) in [5.41, 5.74) is 9.19. The SMILES string of the molecule is Cc1ccc(NC(=O)CN(C)C(=O)C2CC(c3ccccc3)NN2)cc1. The van der Waals surface area contributed by atoms with Gasteiger partial charge in [-0.1, -0.05) is 48.0 Å². The van der Waals surface area contributed by atoms with Crippen LogP contribution in [0.1, 0.15) is 23.6 Å². The molecule has 26 heavy (non-hydrogen) atoms. The summed E-state index contributed by atoms with van der Waals surface area (Å²) >= 11 is 0. The monoisotopic (exact) mass is 352 g/mol. The van der Waals surface area contributed by atoms with Gasteiger partial charge in [-0.15, -0.1) is 0 Å². The molecule has 2 atom stereocenters. The van der Waals surface area contributed by atoms with Gasteiger partial charge in [0, 0.05) is 18.8 Å². The lowest BCUT2D eigenvalue weighted by Crippen LogP contribution is -2.46. The van der Waals surface area contributed by atoms with E-state index >= 15 is 0 Å². The minimum Gasteiger partial charge on any atom is -0.335 e. The first-order chi connectivity index (χ1) is 12.5. The number of aryl methyl sites for hydroxylation is 1. The van der Waals surface area contributed by atoms with E-state index in [1.807, 2.05) is 61.5 Å². The van der Waals surface area contributed by atoms with Crippen LogP contribution in [-0.4, -0.2) is 36.3 Å². The summed E-state index contributed by atoms with van der Waals surface area (Å²) in [4.78, 5) is 26.2. The van der Waals surface area contributed by atoms with Crippen molar-refractivity contribution in [2.24, 2.45) is 0 Å². The zero-order valence-corrected chi connectivity index (χ0v) is 15.0. The molecule has 0 spiro atoms. The molecule has 1 heterocycles. The average Bonchev–Trinajstić information content (AvgIpc) is 3.14. The van der Waals surface area contributed by atoms with Crippen LogP contribution in [0.5, 0.6) is 0 Å². The fourth-order valence-electron chi connectivity index (χ4n) is 3.02. The number of hydrogen-bond donors (Lipinski definition) is 3. The zero-order chi connectivity index (χ0) is 18.5. The lowest BCUT2D eigenvalue weighted by molar-refractivity contribution is -0.134. The topological polar surface area (TPSA) is 73.5 Å². The average molecular weight is 352 g/mol. The van der Waals surface area contributed by atoms with Gasteiger partial charge in [0.2, 0.25) is 11.8 Å². The second-order valence-corrected chi connectivity index (χ2v) is 6.65. The summed E-state index contributed by atoms with van der Waals surface area (Å²) in [5, 5.41) is 2.81. The van der Waals surface area contributed by atoms with Crippen molar-refractivity contribution in [3.63, 3.8) is 0 Å². The molecule has 2 aromatic rings. The molecule has 2 unspecified atom stereocenters. The molecule has 1 aliphatic heterocycles. The molecular weight excluding hydrogens is 328 g/mol. The van der Waals surface area contributed by atoms with Crippen LogP contribution in [0.15, 0.2) is 54.6 Å². The largest absolute Gasteiger partial charge is 0.335 e. The van der Waals surface area contributed by atoms with E-state index in [4.69, 9.17) is 0 Å². The molecule has 1 fully saturated rings. The molecule has 136 valence electrons. The van der Waals surface area contributed by atoms with E-state index in [-0.39, 0.29) is 30.4 Å². The number of rotatable bonds is 5. The first kappa shape index (κ1) is 18.1. The van der Waals surface area contributed by atoms with E-state index in [1.54, 1.807) is 7.05 Å². The van der Waals surface area contributed by atoms with Gasteiger partial charge in [0.05, 0.1) is 6.54 Å². The Bertz CT molecular complexity index is 761. The maximum absolute atomic E-state index is 12.6. The van der Waals surface area contributed by atoms with E-state index in [0.717, 1.165) is 16.8 Å². The maximum Gasteiger partial charge on any atom is 0.243 e. The zero-order valence-electron chi connectivity index (χ0n) is 15.0. The second-order valence-electron chi connectivity index (χ2n) is 6.65. The number of nitrogens with zero attached hydrogens (tertiary/aromatic N) is 1. The first-order valence-corrected chi connectivity index (χ1v) is 8.70. The molecule has 6 nitrogen and oxygen atoms in total. The number of carbonyl (C=O) groups is 2. The van der Waals surface area contributed by atoms with Crippen LogP contribution in [0.2, 0.25) is 0 Å². The van der Waals surface area contributed by atoms with E-state index in [0.29, 0.717) is 6.42 Å². The summed E-state index contributed by atoms with van der Waals surface area (Å²) in [5.74, 6) is -0.315. The Morgan fingerprint density at radius 3 is 2.46 bits per heavy atom. The van der Waals surface area contributed by atoms with E-state index in [9.17, 15) is 9.59 Å². The van der Waals surface area contributed by atoms with Gasteiger partial charge < -0.3 is 10.2 Å². The lowest BCUT2D eigenvalue weighted by Gasteiger charge is -2.20. The van der Waals surface area contributed by atoms with E-state index in [1.165, 1.54) is 4.90 Å². The summed E-state index contributed by atoms with van der Waals surface area (Å²) in [6.45, 7) is 2.00. The summed E-state index contributed by atoms with van der Waals surface area (Å²) in [7, 11) is 1.65. The van der Waals surface area contributed by atoms with Crippen LogP contribution in [0.25, 0.3) is 0 Å². The predicted octanol–water partition coefficient (Wildman–Crippen LogP) is 2.00. The van der Waals surface area contributed by atoms with Crippen molar-refractivity contribution in [2.75, 3.05) is 18.9 Å². The Balaban J connectivity index is 1.51. The van der Waals surface area contributed by atoms with Crippen molar-refractivity contribution >= 4 is 17.5 Å². The molecular formula is C20H24N4O2. The van der Waals surface area contributed by atoms with Crippen molar-refractivity contribution in [3.05, 3.63) is 65.7 Å². The maximum atomic E-state index is 12.6. The number of amides is 2. The van der Waals surface area contributed by atoms with Crippen LogP contribution in [0.4, 0.5) is 5.69 Å². The molecule has 1 saturated heterocycles. The van der Waals surface area contributed by atoms with Gasteiger partial charge in [-0.05, 0) is 31.0 Å². The molecule has 3 rings (SSSR count). The van der Waals surface area contributed by atoms with Gasteiger partial charge in [0.15, 0.2) is 0 Å². The van der Waals surface area contributed by atoms with E-state index in [2.05, 4.69) is 16.2 Å². The molecule has 6 heteroatoms. The van der Waals surface area contributed by atoms with Crippen molar-refractivity contribution in [2.45, 2.75) is 25.4 Å². The number of nitrogens with one attached hydrogen (secondary N) is 3. The van der Waals surface area contributed by atoms with Crippen LogP contribution >= 0.6 is 0 Å². The summed E-state index contributed by atoms with van der Waals surface area (Å²) in [6.07, 6.45) is 0.646. The lowest BCUT2D eigenvalue weighted by atomic mass is 10.0. The van der Waals surface area contributed by atoms with E-state index < -0.39 is 0 Å². The second kappa shape index (κ2) is 8.12. The fraction of sp³-hybridized carbons (Fsp3) is 0.300. The number of benzene rings is 2. The summed E-state index contributed by atoms with van der Waals surface area (Å²) in [6, 6.07) is 17.3. The van der Waals surface area contributed by atoms with Crippen molar-refractivity contribution in [1.82, 2.24) is 15.8 Å². The Morgan fingerprint density at radius 2 is 1.77 bits per heavy atom. The van der Waals surface area contributed by atoms with Gasteiger partial charge in [-0.2, -0.15) is 0 Å². The minimum absolute atomic E-state index is 0.0148. The van der Waals surface area contributed by atoms with Gasteiger partial charge in [0.25, 0.3) is 0 Å². The highest BCUT2D eigenvalue weighted by Crippen LogP contribution is 2.22. The van der Waals surface area contributed by atoms with Crippen LogP contribution < -0.4 is 16.2 Å². The smallest absolute Gasteiger partial charge is 0.243 e. The molecule has 1 aliphatic rings. The first-order valence-electron chi connectivity index (χ1n) is 8.70. The normalized spacial score (nSPS) is 19.2. The number of hydrazine groups is 1. The third-order valence-electron chi connectivity index (χ3n) is 4.50. The quantitative estimate of drug-likeness (QED) is 0.770. The third kappa shape index (κ3) is 4.47. The standard InChI is InChI=1S/C20H24N4O2/c1-14-8-10-16(11-9-14)21-19(25)13-24(2)20(26)18-12-17(22-23-18)15-6-4-3-5-7-15/h3-11,17-18,22-23H,12-13H2,1-2H3,(H,21,25). The van der Waals surface area contributed by atoms with Gasteiger partial charge in [-0.25, -0.2) is 10.9 Å². The Labute approximate surface area is 153 Å². The molecule has 2 aromatic carbocycles. The van der Waals surface area contributed by atoms with Crippen LogP contribution in [0, 0.1) is 6.92 Å². The van der Waals surface area contributed by atoms with Gasteiger partial charge in [-0.3, -0.25) is 9.59 Å². The molecule has 0 radical (unpaired) electrons. The highest BCUT2D eigenvalue weighted by atomic mass is 16.2. The predicted molar refractivity (Wildman–Crippen MR) is 101 cm³/mol. The number of hydrogen-bond acceptors (Lipinski definition) is 4.